The normalized spacial score (nSPS) is 12.4. The fourth-order valence-corrected chi connectivity index (χ4v) is 13.0. The van der Waals surface area contributed by atoms with Crippen LogP contribution >= 0.6 is 0 Å². The van der Waals surface area contributed by atoms with E-state index in [1.165, 1.54) is 22.3 Å². The van der Waals surface area contributed by atoms with Crippen molar-refractivity contribution in [3.05, 3.63) is 187 Å². The highest BCUT2D eigenvalue weighted by Crippen LogP contribution is 2.47. The van der Waals surface area contributed by atoms with Gasteiger partial charge in [0, 0.05) is 22.3 Å². The van der Waals surface area contributed by atoms with Crippen molar-refractivity contribution < 1.29 is 0 Å². The lowest BCUT2D eigenvalue weighted by Gasteiger charge is -2.15. The summed E-state index contributed by atoms with van der Waals surface area (Å²) in [7, 11) is 0. The standard InChI is InChI=1S/C68H58N8/c1-33-25-37(5)53(38(6)26-33)57-49-21-22-50(69-49)58(54-39(7)27-34(2)28-40(54)8)63-67-68(74-48-20-16-15-19-47(48)73-67)64(76-63)60(56-43(11)31-36(4)32-44(56)12)52-24-23-51(70-52)59(55-41(9)29-35(3)30-42(55)10)62-66-65(61(57)75-62)71-45-17-13-14-18-46(45)72-66/h13-32,75-76H,1-12H3. The molecule has 2 N–H and O–H groups in total. The number of aromatic nitrogens is 8. The molecule has 6 aromatic carbocycles. The van der Waals surface area contributed by atoms with Gasteiger partial charge in [0.1, 0.15) is 22.1 Å². The lowest BCUT2D eigenvalue weighted by atomic mass is 9.92. The zero-order valence-corrected chi connectivity index (χ0v) is 45.2. The number of fused-ring (bicyclic) bond motifs is 16. The van der Waals surface area contributed by atoms with Gasteiger partial charge < -0.3 is 9.97 Å². The third-order valence-corrected chi connectivity index (χ3v) is 15.6. The first kappa shape index (κ1) is 46.9. The number of aromatic amines is 2. The molecule has 370 valence electrons. The highest BCUT2D eigenvalue weighted by atomic mass is 14.9. The molecule has 8 heteroatoms. The Balaban J connectivity index is 1.39. The molecule has 8 bridgehead atoms. The topological polar surface area (TPSA) is 109 Å². The smallest absolute Gasteiger partial charge is 0.116 e. The highest BCUT2D eigenvalue weighted by Gasteiger charge is 2.28. The van der Waals surface area contributed by atoms with Crippen LogP contribution in [0, 0.1) is 83.1 Å². The van der Waals surface area contributed by atoms with Gasteiger partial charge in [-0.1, -0.05) is 95.1 Å². The summed E-state index contributed by atoms with van der Waals surface area (Å²) in [5.74, 6) is 0. The Labute approximate surface area is 442 Å². The molecular formula is C68H58N8. The van der Waals surface area contributed by atoms with Crippen LogP contribution in [-0.4, -0.2) is 39.9 Å². The Morgan fingerprint density at radius 3 is 0.645 bits per heavy atom. The van der Waals surface area contributed by atoms with Gasteiger partial charge in [-0.25, -0.2) is 29.9 Å². The average Bonchev–Trinajstić information content (AvgIpc) is 4.19. The Morgan fingerprint density at radius 1 is 0.250 bits per heavy atom. The molecule has 13 rings (SSSR count). The van der Waals surface area contributed by atoms with Crippen molar-refractivity contribution in [3.8, 4) is 44.5 Å². The summed E-state index contributed by atoms with van der Waals surface area (Å²) < 4.78 is 0. The number of hydrogen-bond acceptors (Lipinski definition) is 6. The fourth-order valence-electron chi connectivity index (χ4n) is 13.0. The van der Waals surface area contributed by atoms with E-state index in [1.807, 2.05) is 24.3 Å². The molecule has 0 fully saturated rings. The maximum absolute atomic E-state index is 5.88. The van der Waals surface area contributed by atoms with Gasteiger partial charge >= 0.3 is 0 Å². The van der Waals surface area contributed by atoms with Crippen LogP contribution in [0.25, 0.3) is 135 Å². The molecule has 0 saturated carbocycles. The molecule has 0 saturated heterocycles. The zero-order valence-electron chi connectivity index (χ0n) is 45.2. The Morgan fingerprint density at radius 2 is 0.447 bits per heavy atom. The highest BCUT2D eigenvalue weighted by molar-refractivity contribution is 6.18. The summed E-state index contributed by atoms with van der Waals surface area (Å²) in [5, 5.41) is 0. The summed E-state index contributed by atoms with van der Waals surface area (Å²) in [6, 6.07) is 34.5. The van der Waals surface area contributed by atoms with E-state index in [0.717, 1.165) is 178 Å². The van der Waals surface area contributed by atoms with Crippen LogP contribution in [0.5, 0.6) is 0 Å². The summed E-state index contributed by atoms with van der Waals surface area (Å²) in [5.41, 5.74) is 35.0. The van der Waals surface area contributed by atoms with Crippen LogP contribution in [0.4, 0.5) is 0 Å². The molecular weight excluding hydrogens is 929 g/mol. The SMILES string of the molecule is Cc1cc(C)c(-c2c3nc(c(-c4c(C)cc(C)cc4C)c4[nH]c(c(-c5c(C)cc(C)cc5C)c5nc(c(-c6c(C)cc(C)cc6C)c6[nH]c2c2nc7ccccc7nc62)C=C5)c2nc5ccccc5nc42)C=C3)c(C)c1. The number of para-hydroxylation sites is 4. The Hall–Kier alpha value is -8.88. The van der Waals surface area contributed by atoms with E-state index >= 15 is 0 Å². The first-order valence-corrected chi connectivity index (χ1v) is 26.3. The van der Waals surface area contributed by atoms with Gasteiger partial charge in [0.25, 0.3) is 0 Å². The molecule has 0 atom stereocenters. The van der Waals surface area contributed by atoms with E-state index in [4.69, 9.17) is 29.9 Å². The lowest BCUT2D eigenvalue weighted by Crippen LogP contribution is -1.96. The van der Waals surface area contributed by atoms with Crippen LogP contribution in [0.2, 0.25) is 0 Å². The third kappa shape index (κ3) is 7.33. The van der Waals surface area contributed by atoms with Crippen LogP contribution in [0.3, 0.4) is 0 Å². The molecule has 0 radical (unpaired) electrons. The minimum atomic E-state index is 0.762. The van der Waals surface area contributed by atoms with E-state index in [0.29, 0.717) is 0 Å². The molecule has 11 aromatic rings. The van der Waals surface area contributed by atoms with Crippen LogP contribution < -0.4 is 0 Å². The third-order valence-electron chi connectivity index (χ3n) is 15.6. The molecule has 0 amide bonds. The van der Waals surface area contributed by atoms with Gasteiger partial charge in [-0.2, -0.15) is 0 Å². The number of benzene rings is 6. The number of H-pyrrole nitrogens is 2. The maximum atomic E-state index is 5.88. The van der Waals surface area contributed by atoms with Gasteiger partial charge in [-0.15, -0.1) is 0 Å². The van der Waals surface area contributed by atoms with Crippen LogP contribution in [-0.2, 0) is 0 Å². The summed E-state index contributed by atoms with van der Waals surface area (Å²) in [6.45, 7) is 26.3. The number of hydrogen-bond donors (Lipinski definition) is 2. The Kier molecular flexibility index (Phi) is 10.7. The molecule has 0 aliphatic carbocycles. The van der Waals surface area contributed by atoms with Gasteiger partial charge in [0.05, 0.1) is 66.9 Å². The van der Waals surface area contributed by atoms with Crippen molar-refractivity contribution >= 4 is 90.5 Å². The van der Waals surface area contributed by atoms with Gasteiger partial charge in [0.2, 0.25) is 0 Å². The fraction of sp³-hybridized carbons (Fsp3) is 0.176. The van der Waals surface area contributed by atoms with E-state index in [-0.39, 0.29) is 0 Å². The second kappa shape index (κ2) is 17.4. The second-order valence-electron chi connectivity index (χ2n) is 21.6. The van der Waals surface area contributed by atoms with E-state index in [1.54, 1.807) is 0 Å². The average molecular weight is 987 g/mol. The minimum absolute atomic E-state index is 0.762. The van der Waals surface area contributed by atoms with Crippen LogP contribution in [0.15, 0.2) is 97.1 Å². The molecule has 5 aromatic heterocycles. The lowest BCUT2D eigenvalue weighted by molar-refractivity contribution is 1.27. The maximum Gasteiger partial charge on any atom is 0.116 e. The molecule has 8 nitrogen and oxygen atoms in total. The monoisotopic (exact) mass is 986 g/mol. The molecule has 76 heavy (non-hydrogen) atoms. The largest absolute Gasteiger partial charge is 0.351 e. The van der Waals surface area contributed by atoms with Gasteiger partial charge in [-0.3, -0.25) is 0 Å². The number of rotatable bonds is 4. The van der Waals surface area contributed by atoms with Crippen molar-refractivity contribution in [3.63, 3.8) is 0 Å². The van der Waals surface area contributed by atoms with Crippen molar-refractivity contribution in [2.45, 2.75) is 83.1 Å². The quantitative estimate of drug-likeness (QED) is 0.182. The molecule has 7 heterocycles. The van der Waals surface area contributed by atoms with Crippen molar-refractivity contribution in [2.75, 3.05) is 0 Å². The number of nitrogens with one attached hydrogen (secondary N) is 2. The number of nitrogens with zero attached hydrogens (tertiary/aromatic N) is 6. The Bertz CT molecular complexity index is 3980. The molecule has 0 unspecified atom stereocenters. The predicted molar refractivity (Wildman–Crippen MR) is 319 cm³/mol. The summed E-state index contributed by atoms with van der Waals surface area (Å²) in [6.07, 6.45) is 8.76. The van der Waals surface area contributed by atoms with Crippen molar-refractivity contribution in [2.24, 2.45) is 0 Å². The molecule has 0 spiro atoms. The van der Waals surface area contributed by atoms with Gasteiger partial charge in [-0.05, 0) is 198 Å². The van der Waals surface area contributed by atoms with Gasteiger partial charge in [0.15, 0.2) is 0 Å². The van der Waals surface area contributed by atoms with E-state index in [9.17, 15) is 0 Å². The second-order valence-corrected chi connectivity index (χ2v) is 21.6. The number of aryl methyl sites for hydroxylation is 12. The first-order chi connectivity index (χ1) is 36.6. The van der Waals surface area contributed by atoms with E-state index < -0.39 is 0 Å². The van der Waals surface area contributed by atoms with Crippen LogP contribution in [0.1, 0.15) is 89.5 Å². The molecule has 2 aliphatic heterocycles. The first-order valence-electron chi connectivity index (χ1n) is 26.3. The van der Waals surface area contributed by atoms with E-state index in [2.05, 4.69) is 190 Å². The van der Waals surface area contributed by atoms with Crippen molar-refractivity contribution in [1.29, 1.82) is 0 Å². The minimum Gasteiger partial charge on any atom is -0.351 e. The van der Waals surface area contributed by atoms with Crippen molar-refractivity contribution in [1.82, 2.24) is 39.9 Å². The zero-order chi connectivity index (χ0) is 52.6. The molecule has 2 aliphatic rings. The summed E-state index contributed by atoms with van der Waals surface area (Å²) in [4.78, 5) is 42.4. The summed E-state index contributed by atoms with van der Waals surface area (Å²) >= 11 is 0. The predicted octanol–water partition coefficient (Wildman–Crippen LogP) is 17.2.